The maximum absolute atomic E-state index is 6.53. The highest BCUT2D eigenvalue weighted by Crippen LogP contribution is 2.51. The van der Waals surface area contributed by atoms with Crippen LogP contribution in [-0.4, -0.2) is 24.4 Å². The van der Waals surface area contributed by atoms with Crippen LogP contribution < -0.4 is 14.2 Å². The van der Waals surface area contributed by atoms with E-state index < -0.39 is 0 Å². The number of methoxy groups -OCH3 is 1. The Kier molecular flexibility index (Phi) is 5.86. The summed E-state index contributed by atoms with van der Waals surface area (Å²) < 4.78 is 19.4. The molecule has 0 fully saturated rings. The topological polar surface area (TPSA) is 43.3 Å². The lowest BCUT2D eigenvalue weighted by molar-refractivity contribution is -0.0197. The van der Waals surface area contributed by atoms with Crippen LogP contribution in [0.5, 0.6) is 17.2 Å². The molecule has 7 heteroatoms. The Morgan fingerprint density at radius 1 is 1.03 bits per heavy atom. The SMILES string of the molecule is CCOc1ccc(C2Oc3c(Br)cc(Br)cc3C3CC(c4ccc(OC)cc4)=NN32)cc1. The Labute approximate surface area is 204 Å². The highest BCUT2D eigenvalue weighted by Gasteiger charge is 2.42. The lowest BCUT2D eigenvalue weighted by Gasteiger charge is -2.38. The number of benzene rings is 3. The van der Waals surface area contributed by atoms with Crippen molar-refractivity contribution in [3.05, 3.63) is 86.3 Å². The quantitative estimate of drug-likeness (QED) is 0.343. The van der Waals surface area contributed by atoms with Crippen molar-refractivity contribution >= 4 is 37.6 Å². The van der Waals surface area contributed by atoms with Gasteiger partial charge in [-0.3, -0.25) is 0 Å². The summed E-state index contributed by atoms with van der Waals surface area (Å²) in [6, 6.07) is 20.3. The van der Waals surface area contributed by atoms with E-state index in [0.717, 1.165) is 55.0 Å². The molecule has 2 atom stereocenters. The molecule has 0 saturated heterocycles. The molecule has 0 saturated carbocycles. The first kappa shape index (κ1) is 21.3. The molecule has 3 aromatic rings. The summed E-state index contributed by atoms with van der Waals surface area (Å²) >= 11 is 7.32. The van der Waals surface area contributed by atoms with E-state index in [4.69, 9.17) is 19.3 Å². The molecule has 5 rings (SSSR count). The van der Waals surface area contributed by atoms with Gasteiger partial charge in [-0.05, 0) is 89.1 Å². The zero-order valence-corrected chi connectivity index (χ0v) is 20.9. The number of rotatable bonds is 5. The molecule has 2 heterocycles. The van der Waals surface area contributed by atoms with Crippen LogP contribution in [0.25, 0.3) is 0 Å². The van der Waals surface area contributed by atoms with Crippen LogP contribution in [0.2, 0.25) is 0 Å². The second kappa shape index (κ2) is 8.79. The van der Waals surface area contributed by atoms with E-state index in [1.165, 1.54) is 0 Å². The molecule has 0 bridgehead atoms. The average molecular weight is 558 g/mol. The standard InChI is InChI=1S/C25H22Br2N2O3/c1-3-31-19-10-6-16(7-11-19)25-29-23(20-12-17(26)13-21(27)24(20)32-25)14-22(28-29)15-4-8-18(30-2)9-5-15/h4-13,23,25H,3,14H2,1-2H3. The van der Waals surface area contributed by atoms with Gasteiger partial charge in [0.15, 0.2) is 0 Å². The van der Waals surface area contributed by atoms with Gasteiger partial charge in [0.05, 0.1) is 29.9 Å². The molecule has 0 aromatic heterocycles. The van der Waals surface area contributed by atoms with Gasteiger partial charge in [-0.2, -0.15) is 5.10 Å². The fraction of sp³-hybridized carbons (Fsp3) is 0.240. The maximum atomic E-state index is 6.53. The number of fused-ring (bicyclic) bond motifs is 3. The van der Waals surface area contributed by atoms with Crippen molar-refractivity contribution in [2.45, 2.75) is 25.6 Å². The summed E-state index contributed by atoms with van der Waals surface area (Å²) in [5.74, 6) is 2.54. The van der Waals surface area contributed by atoms with E-state index in [-0.39, 0.29) is 12.3 Å². The Morgan fingerprint density at radius 3 is 2.44 bits per heavy atom. The number of halogens is 2. The molecule has 2 unspecified atom stereocenters. The molecule has 164 valence electrons. The zero-order chi connectivity index (χ0) is 22.2. The largest absolute Gasteiger partial charge is 0.497 e. The summed E-state index contributed by atoms with van der Waals surface area (Å²) in [5, 5.41) is 7.11. The third-order valence-corrected chi connectivity index (χ3v) is 6.75. The zero-order valence-electron chi connectivity index (χ0n) is 17.7. The van der Waals surface area contributed by atoms with Gasteiger partial charge in [0.1, 0.15) is 17.2 Å². The molecule has 5 nitrogen and oxygen atoms in total. The normalized spacial score (nSPS) is 19.0. The summed E-state index contributed by atoms with van der Waals surface area (Å²) in [6.07, 6.45) is 0.454. The minimum Gasteiger partial charge on any atom is -0.497 e. The predicted molar refractivity (Wildman–Crippen MR) is 132 cm³/mol. The lowest BCUT2D eigenvalue weighted by Crippen LogP contribution is -2.33. The van der Waals surface area contributed by atoms with Crippen molar-refractivity contribution in [1.29, 1.82) is 0 Å². The van der Waals surface area contributed by atoms with Gasteiger partial charge in [-0.25, -0.2) is 5.01 Å². The monoisotopic (exact) mass is 556 g/mol. The second-order valence-corrected chi connectivity index (χ2v) is 9.42. The minimum atomic E-state index is -0.337. The Hall–Kier alpha value is -2.51. The van der Waals surface area contributed by atoms with E-state index in [0.29, 0.717) is 6.61 Å². The lowest BCUT2D eigenvalue weighted by atomic mass is 9.96. The van der Waals surface area contributed by atoms with Gasteiger partial charge in [-0.15, -0.1) is 0 Å². The van der Waals surface area contributed by atoms with Gasteiger partial charge in [-0.1, -0.05) is 15.9 Å². The van der Waals surface area contributed by atoms with Crippen LogP contribution in [0.3, 0.4) is 0 Å². The van der Waals surface area contributed by atoms with Crippen LogP contribution in [-0.2, 0) is 0 Å². The molecule has 0 radical (unpaired) electrons. The first-order valence-electron chi connectivity index (χ1n) is 10.5. The van der Waals surface area contributed by atoms with Crippen molar-refractivity contribution in [2.75, 3.05) is 13.7 Å². The second-order valence-electron chi connectivity index (χ2n) is 7.65. The first-order chi connectivity index (χ1) is 15.6. The molecular formula is C25H22Br2N2O3. The van der Waals surface area contributed by atoms with Crippen LogP contribution >= 0.6 is 31.9 Å². The van der Waals surface area contributed by atoms with Crippen LogP contribution in [0, 0.1) is 0 Å². The van der Waals surface area contributed by atoms with E-state index in [1.807, 2.05) is 49.4 Å². The summed E-state index contributed by atoms with van der Waals surface area (Å²) in [6.45, 7) is 2.62. The van der Waals surface area contributed by atoms with Crippen molar-refractivity contribution in [1.82, 2.24) is 5.01 Å². The van der Waals surface area contributed by atoms with Gasteiger partial charge >= 0.3 is 0 Å². The van der Waals surface area contributed by atoms with Gasteiger partial charge in [0.25, 0.3) is 0 Å². The number of hydrogen-bond donors (Lipinski definition) is 0. The van der Waals surface area contributed by atoms with Crippen molar-refractivity contribution in [2.24, 2.45) is 5.10 Å². The van der Waals surface area contributed by atoms with Crippen LogP contribution in [0.1, 0.15) is 42.3 Å². The summed E-state index contributed by atoms with van der Waals surface area (Å²) in [5.41, 5.74) is 4.25. The number of nitrogens with zero attached hydrogens (tertiary/aromatic N) is 2. The molecule has 3 aromatic carbocycles. The van der Waals surface area contributed by atoms with E-state index in [1.54, 1.807) is 7.11 Å². The van der Waals surface area contributed by atoms with Gasteiger partial charge in [0, 0.05) is 22.0 Å². The summed E-state index contributed by atoms with van der Waals surface area (Å²) in [7, 11) is 1.67. The predicted octanol–water partition coefficient (Wildman–Crippen LogP) is 6.86. The fourth-order valence-corrected chi connectivity index (χ4v) is 5.54. The fourth-order valence-electron chi connectivity index (χ4n) is 4.19. The summed E-state index contributed by atoms with van der Waals surface area (Å²) in [4.78, 5) is 0. The molecule has 0 aliphatic carbocycles. The Morgan fingerprint density at radius 2 is 1.75 bits per heavy atom. The van der Waals surface area contributed by atoms with Crippen molar-refractivity contribution < 1.29 is 14.2 Å². The first-order valence-corrected chi connectivity index (χ1v) is 12.0. The molecule has 2 aliphatic heterocycles. The van der Waals surface area contributed by atoms with E-state index in [2.05, 4.69) is 55.1 Å². The molecule has 32 heavy (non-hydrogen) atoms. The van der Waals surface area contributed by atoms with Crippen LogP contribution in [0.15, 0.2) is 74.7 Å². The van der Waals surface area contributed by atoms with Crippen LogP contribution in [0.4, 0.5) is 0 Å². The van der Waals surface area contributed by atoms with Gasteiger partial charge < -0.3 is 14.2 Å². The Bertz CT molecular complexity index is 1160. The Balaban J connectivity index is 1.56. The molecule has 2 aliphatic rings. The highest BCUT2D eigenvalue weighted by molar-refractivity contribution is 9.11. The minimum absolute atomic E-state index is 0.0706. The number of hydrogen-bond acceptors (Lipinski definition) is 5. The third-order valence-electron chi connectivity index (χ3n) is 5.71. The average Bonchev–Trinajstić information content (AvgIpc) is 3.25. The third kappa shape index (κ3) is 3.88. The number of ether oxygens (including phenoxy) is 3. The molecule has 0 amide bonds. The van der Waals surface area contributed by atoms with Crippen molar-refractivity contribution in [3.8, 4) is 17.2 Å². The number of hydrazone groups is 1. The molecular weight excluding hydrogens is 536 g/mol. The molecule has 0 spiro atoms. The highest BCUT2D eigenvalue weighted by atomic mass is 79.9. The smallest absolute Gasteiger partial charge is 0.213 e. The van der Waals surface area contributed by atoms with E-state index in [9.17, 15) is 0 Å². The maximum Gasteiger partial charge on any atom is 0.213 e. The van der Waals surface area contributed by atoms with Crippen molar-refractivity contribution in [3.63, 3.8) is 0 Å². The molecule has 0 N–H and O–H groups in total. The van der Waals surface area contributed by atoms with E-state index >= 15 is 0 Å². The van der Waals surface area contributed by atoms with Gasteiger partial charge in [0.2, 0.25) is 6.23 Å².